The Morgan fingerprint density at radius 2 is 2.22 bits per heavy atom. The second kappa shape index (κ2) is 5.58. The van der Waals surface area contributed by atoms with E-state index in [4.69, 9.17) is 4.74 Å². The number of hydrogen-bond acceptors (Lipinski definition) is 5. The maximum atomic E-state index is 12.4. The average molecular weight is 336 g/mol. The van der Waals surface area contributed by atoms with Crippen molar-refractivity contribution in [3.8, 4) is 5.75 Å². The average Bonchev–Trinajstić information content (AvgIpc) is 2.95. The normalized spacial score (nSPS) is 17.1. The van der Waals surface area contributed by atoms with E-state index in [2.05, 4.69) is 15.1 Å². The third kappa shape index (κ3) is 3.00. The first kappa shape index (κ1) is 15.3. The summed E-state index contributed by atoms with van der Waals surface area (Å²) in [4.78, 5) is 11.7. The number of fused-ring (bicyclic) bond motifs is 1. The van der Waals surface area contributed by atoms with Crippen molar-refractivity contribution < 1.29 is 17.9 Å². The third-order valence-electron chi connectivity index (χ3n) is 3.40. The van der Waals surface area contributed by atoms with Gasteiger partial charge in [0, 0.05) is 12.7 Å². The summed E-state index contributed by atoms with van der Waals surface area (Å²) in [5, 5.41) is 6.64. The number of aryl methyl sites for hydroxylation is 1. The quantitative estimate of drug-likeness (QED) is 0.879. The molecule has 8 nitrogen and oxygen atoms in total. The first-order chi connectivity index (χ1) is 10.9. The van der Waals surface area contributed by atoms with Gasteiger partial charge in [-0.2, -0.15) is 5.10 Å². The lowest BCUT2D eigenvalue weighted by Gasteiger charge is -2.23. The van der Waals surface area contributed by atoms with Crippen LogP contribution in [0.3, 0.4) is 0 Å². The Kier molecular flexibility index (Phi) is 3.72. The van der Waals surface area contributed by atoms with E-state index in [1.165, 1.54) is 24.4 Å². The number of sulfonamides is 1. The minimum Gasteiger partial charge on any atom is -0.479 e. The second-order valence-corrected chi connectivity index (χ2v) is 6.78. The number of amides is 1. The molecule has 1 aromatic carbocycles. The number of nitrogens with one attached hydrogen (secondary N) is 2. The molecule has 0 spiro atoms. The zero-order valence-corrected chi connectivity index (χ0v) is 13.4. The van der Waals surface area contributed by atoms with E-state index in [0.717, 1.165) is 0 Å². The van der Waals surface area contributed by atoms with Crippen LogP contribution in [0.5, 0.6) is 5.75 Å². The Morgan fingerprint density at radius 1 is 1.43 bits per heavy atom. The lowest BCUT2D eigenvalue weighted by molar-refractivity contribution is -0.122. The lowest BCUT2D eigenvalue weighted by Crippen LogP contribution is -2.34. The number of aromatic nitrogens is 2. The number of anilines is 2. The summed E-state index contributed by atoms with van der Waals surface area (Å²) in [6.45, 7) is 4.16. The molecule has 1 aromatic heterocycles. The summed E-state index contributed by atoms with van der Waals surface area (Å²) < 4.78 is 34.3. The van der Waals surface area contributed by atoms with Crippen LogP contribution < -0.4 is 14.8 Å². The Balaban J connectivity index is 1.88. The Labute approximate surface area is 133 Å². The molecular formula is C14H16N4O4S. The molecule has 0 saturated carbocycles. The molecule has 0 aliphatic carbocycles. The predicted octanol–water partition coefficient (Wildman–Crippen LogP) is 1.42. The largest absolute Gasteiger partial charge is 0.479 e. The van der Waals surface area contributed by atoms with Crippen molar-refractivity contribution in [3.63, 3.8) is 0 Å². The van der Waals surface area contributed by atoms with Crippen LogP contribution in [0, 0.1) is 0 Å². The summed E-state index contributed by atoms with van der Waals surface area (Å²) in [5.41, 5.74) is 0.707. The molecule has 3 rings (SSSR count). The molecule has 122 valence electrons. The van der Waals surface area contributed by atoms with Gasteiger partial charge in [0.2, 0.25) is 0 Å². The van der Waals surface area contributed by atoms with Crippen LogP contribution >= 0.6 is 0 Å². The highest BCUT2D eigenvalue weighted by atomic mass is 32.2. The molecule has 1 aliphatic heterocycles. The van der Waals surface area contributed by atoms with Gasteiger partial charge in [-0.15, -0.1) is 0 Å². The van der Waals surface area contributed by atoms with Gasteiger partial charge in [0.1, 0.15) is 5.75 Å². The van der Waals surface area contributed by atoms with Gasteiger partial charge in [-0.25, -0.2) is 8.42 Å². The summed E-state index contributed by atoms with van der Waals surface area (Å²) in [6.07, 6.45) is 2.43. The van der Waals surface area contributed by atoms with Crippen molar-refractivity contribution in [1.82, 2.24) is 9.78 Å². The Morgan fingerprint density at radius 3 is 2.91 bits per heavy atom. The van der Waals surface area contributed by atoms with Gasteiger partial charge in [0.15, 0.2) is 6.10 Å². The zero-order valence-electron chi connectivity index (χ0n) is 12.6. The van der Waals surface area contributed by atoms with Crippen molar-refractivity contribution in [2.24, 2.45) is 0 Å². The molecule has 0 fully saturated rings. The molecule has 2 heterocycles. The highest BCUT2D eigenvalue weighted by Crippen LogP contribution is 2.32. The number of hydrogen-bond donors (Lipinski definition) is 2. The van der Waals surface area contributed by atoms with Crippen LogP contribution in [-0.2, 0) is 21.4 Å². The van der Waals surface area contributed by atoms with Crippen LogP contribution in [0.2, 0.25) is 0 Å². The Bertz CT molecular complexity index is 859. The molecule has 1 amide bonds. The highest BCUT2D eigenvalue weighted by molar-refractivity contribution is 7.92. The van der Waals surface area contributed by atoms with Crippen LogP contribution in [0.25, 0.3) is 0 Å². The smallest absolute Gasteiger partial charge is 0.265 e. The minimum absolute atomic E-state index is 0.0268. The fourth-order valence-electron chi connectivity index (χ4n) is 2.16. The van der Waals surface area contributed by atoms with Crippen LogP contribution in [0.1, 0.15) is 13.8 Å². The summed E-state index contributed by atoms with van der Waals surface area (Å²) in [6, 6.07) is 4.32. The summed E-state index contributed by atoms with van der Waals surface area (Å²) >= 11 is 0. The standard InChI is InChI=1S/C14H16N4O4S/c1-3-18-8-10(7-15-18)17-23(20,21)11-4-5-13-12(6-11)16-14(19)9(2)22-13/h4-9,17H,3H2,1-2H3,(H,16,19). The van der Waals surface area contributed by atoms with Crippen molar-refractivity contribution in [2.45, 2.75) is 31.4 Å². The summed E-state index contributed by atoms with van der Waals surface area (Å²) in [5.74, 6) is 0.124. The monoisotopic (exact) mass is 336 g/mol. The molecule has 23 heavy (non-hydrogen) atoms. The van der Waals surface area contributed by atoms with E-state index < -0.39 is 16.1 Å². The maximum absolute atomic E-state index is 12.4. The van der Waals surface area contributed by atoms with Crippen LogP contribution in [-0.4, -0.2) is 30.2 Å². The van der Waals surface area contributed by atoms with Gasteiger partial charge < -0.3 is 10.1 Å². The fourth-order valence-corrected chi connectivity index (χ4v) is 3.21. The fraction of sp³-hybridized carbons (Fsp3) is 0.286. The minimum atomic E-state index is -3.78. The molecule has 9 heteroatoms. The van der Waals surface area contributed by atoms with Gasteiger partial charge in [0.05, 0.1) is 22.5 Å². The van der Waals surface area contributed by atoms with Gasteiger partial charge in [-0.1, -0.05) is 0 Å². The molecule has 2 N–H and O–H groups in total. The van der Waals surface area contributed by atoms with Crippen LogP contribution in [0.4, 0.5) is 11.4 Å². The van der Waals surface area contributed by atoms with Crippen molar-refractivity contribution in [3.05, 3.63) is 30.6 Å². The Hall–Kier alpha value is -2.55. The third-order valence-corrected chi connectivity index (χ3v) is 4.78. The maximum Gasteiger partial charge on any atom is 0.265 e. The number of rotatable bonds is 4. The van der Waals surface area contributed by atoms with E-state index in [1.807, 2.05) is 6.92 Å². The van der Waals surface area contributed by atoms with Crippen molar-refractivity contribution in [1.29, 1.82) is 0 Å². The van der Waals surface area contributed by atoms with E-state index in [-0.39, 0.29) is 10.8 Å². The summed E-state index contributed by atoms with van der Waals surface area (Å²) in [7, 11) is -3.78. The van der Waals surface area contributed by atoms with E-state index in [0.29, 0.717) is 23.7 Å². The highest BCUT2D eigenvalue weighted by Gasteiger charge is 2.25. The molecule has 1 aliphatic rings. The van der Waals surface area contributed by atoms with Gasteiger partial charge in [-0.05, 0) is 32.0 Å². The molecule has 2 aromatic rings. The number of nitrogens with zero attached hydrogens (tertiary/aromatic N) is 2. The predicted molar refractivity (Wildman–Crippen MR) is 83.9 cm³/mol. The molecule has 0 radical (unpaired) electrons. The van der Waals surface area contributed by atoms with E-state index in [9.17, 15) is 13.2 Å². The molecule has 1 unspecified atom stereocenters. The molecule has 0 bridgehead atoms. The van der Waals surface area contributed by atoms with Gasteiger partial charge in [0.25, 0.3) is 15.9 Å². The van der Waals surface area contributed by atoms with Crippen molar-refractivity contribution >= 4 is 27.3 Å². The first-order valence-electron chi connectivity index (χ1n) is 7.06. The second-order valence-electron chi connectivity index (χ2n) is 5.10. The van der Waals surface area contributed by atoms with E-state index in [1.54, 1.807) is 17.8 Å². The van der Waals surface area contributed by atoms with E-state index >= 15 is 0 Å². The molecule has 0 saturated heterocycles. The first-order valence-corrected chi connectivity index (χ1v) is 8.54. The molecular weight excluding hydrogens is 320 g/mol. The van der Waals surface area contributed by atoms with Gasteiger partial charge >= 0.3 is 0 Å². The van der Waals surface area contributed by atoms with Crippen LogP contribution in [0.15, 0.2) is 35.5 Å². The number of benzene rings is 1. The molecule has 1 atom stereocenters. The van der Waals surface area contributed by atoms with Crippen molar-refractivity contribution in [2.75, 3.05) is 10.0 Å². The number of carbonyl (C=O) groups excluding carboxylic acids is 1. The number of ether oxygens (including phenoxy) is 1. The van der Waals surface area contributed by atoms with Gasteiger partial charge in [-0.3, -0.25) is 14.2 Å². The zero-order chi connectivity index (χ0) is 16.6. The number of carbonyl (C=O) groups is 1. The SMILES string of the molecule is CCn1cc(NS(=O)(=O)c2ccc3c(c2)NC(=O)C(C)O3)cn1. The lowest BCUT2D eigenvalue weighted by atomic mass is 10.2. The topological polar surface area (TPSA) is 102 Å².